The number of halogens is 3. The molecule has 2 N–H and O–H groups in total. The summed E-state index contributed by atoms with van der Waals surface area (Å²) in [5.74, 6) is -1.92. The van der Waals surface area contributed by atoms with E-state index in [-0.39, 0.29) is 11.9 Å². The molecule has 0 spiro atoms. The summed E-state index contributed by atoms with van der Waals surface area (Å²) in [6, 6.07) is 7.87. The lowest BCUT2D eigenvalue weighted by molar-refractivity contribution is -0.192. The van der Waals surface area contributed by atoms with Crippen LogP contribution < -0.4 is 10.2 Å². The van der Waals surface area contributed by atoms with Gasteiger partial charge in [-0.1, -0.05) is 17.4 Å². The molecule has 3 aromatic heterocycles. The van der Waals surface area contributed by atoms with Crippen LogP contribution in [0.1, 0.15) is 24.2 Å². The van der Waals surface area contributed by atoms with E-state index in [1.807, 2.05) is 18.2 Å². The Morgan fingerprint density at radius 3 is 2.60 bits per heavy atom. The molecule has 1 aliphatic heterocycles. The largest absolute Gasteiger partial charge is 0.490 e. The zero-order valence-corrected chi connectivity index (χ0v) is 20.1. The Morgan fingerprint density at radius 2 is 2.00 bits per heavy atom. The van der Waals surface area contributed by atoms with Gasteiger partial charge >= 0.3 is 12.1 Å². The van der Waals surface area contributed by atoms with Gasteiger partial charge in [-0.05, 0) is 42.3 Å². The first-order valence-corrected chi connectivity index (χ1v) is 12.7. The van der Waals surface area contributed by atoms with Gasteiger partial charge in [0.1, 0.15) is 16.1 Å². The molecule has 1 fully saturated rings. The maximum atomic E-state index is 12.9. The highest BCUT2D eigenvalue weighted by atomic mass is 32.1. The molecule has 12 heteroatoms. The van der Waals surface area contributed by atoms with Crippen molar-refractivity contribution in [3.05, 3.63) is 52.6 Å². The molecule has 1 unspecified atom stereocenters. The molecule has 5 rings (SSSR count). The number of hydrogen-bond donors (Lipinski definition) is 2. The molecule has 4 heterocycles. The summed E-state index contributed by atoms with van der Waals surface area (Å²) in [4.78, 5) is 33.3. The monoisotopic (exact) mass is 524 g/mol. The normalized spacial score (nSPS) is 16.9. The van der Waals surface area contributed by atoms with Crippen LogP contribution in [0.2, 0.25) is 0 Å². The molecule has 35 heavy (non-hydrogen) atoms. The van der Waals surface area contributed by atoms with Crippen molar-refractivity contribution in [1.82, 2.24) is 15.3 Å². The minimum atomic E-state index is -5.08. The van der Waals surface area contributed by atoms with Gasteiger partial charge in [-0.3, -0.25) is 9.78 Å². The van der Waals surface area contributed by atoms with Crippen molar-refractivity contribution >= 4 is 39.6 Å². The maximum absolute atomic E-state index is 12.9. The fourth-order valence-corrected chi connectivity index (χ4v) is 5.51. The van der Waals surface area contributed by atoms with Crippen molar-refractivity contribution in [1.29, 1.82) is 0 Å². The van der Waals surface area contributed by atoms with Gasteiger partial charge in [0.05, 0.1) is 5.69 Å². The van der Waals surface area contributed by atoms with Gasteiger partial charge in [0, 0.05) is 48.8 Å². The summed E-state index contributed by atoms with van der Waals surface area (Å²) >= 11 is 3.42. The van der Waals surface area contributed by atoms with E-state index in [2.05, 4.69) is 32.0 Å². The number of nitrogens with one attached hydrogen (secondary N) is 1. The van der Waals surface area contributed by atoms with E-state index in [1.165, 1.54) is 23.4 Å². The zero-order chi connectivity index (χ0) is 25.0. The molecule has 3 aromatic rings. The Balaban J connectivity index is 0.000000364. The lowest BCUT2D eigenvalue weighted by Crippen LogP contribution is -2.46. The number of carboxylic acids is 1. The Hall–Kier alpha value is -2.99. The lowest BCUT2D eigenvalue weighted by atomic mass is 10.2. The highest BCUT2D eigenvalue weighted by molar-refractivity contribution is 7.19. The van der Waals surface area contributed by atoms with Crippen LogP contribution in [-0.2, 0) is 22.4 Å². The van der Waals surface area contributed by atoms with E-state index in [4.69, 9.17) is 14.9 Å². The van der Waals surface area contributed by atoms with Gasteiger partial charge in [0.2, 0.25) is 5.91 Å². The smallest absolute Gasteiger partial charge is 0.475 e. The Kier molecular flexibility index (Phi) is 7.70. The predicted octanol–water partition coefficient (Wildman–Crippen LogP) is 4.40. The number of pyridine rings is 1. The standard InChI is InChI=1S/C21H22N4OS2.C2HF3O2/c26-19(23-9-6-16-3-1-2-8-22-16)18-11-17-21(25(18)12-14-4-5-14)28-20(24-17)15-7-10-27-13-15;3-2(4,5)1(6)7/h1-3,7-8,10,13-14,18H,4-6,9,11-12H2,(H,23,26);(H,6,7). The number of aromatic nitrogens is 2. The van der Waals surface area contributed by atoms with Crippen LogP contribution in [0.15, 0.2) is 41.2 Å². The van der Waals surface area contributed by atoms with Crippen LogP contribution in [0.4, 0.5) is 18.2 Å². The van der Waals surface area contributed by atoms with Crippen molar-refractivity contribution < 1.29 is 27.9 Å². The minimum Gasteiger partial charge on any atom is -0.475 e. The topological polar surface area (TPSA) is 95.4 Å². The molecule has 1 aliphatic carbocycles. The number of alkyl halides is 3. The van der Waals surface area contributed by atoms with Crippen LogP contribution >= 0.6 is 22.7 Å². The molecule has 0 radical (unpaired) electrons. The van der Waals surface area contributed by atoms with Crippen LogP contribution in [-0.4, -0.2) is 52.3 Å². The summed E-state index contributed by atoms with van der Waals surface area (Å²) in [6.07, 6.45) is 0.717. The predicted molar refractivity (Wildman–Crippen MR) is 128 cm³/mol. The number of thiophene rings is 1. The van der Waals surface area contributed by atoms with Crippen molar-refractivity contribution in [2.24, 2.45) is 5.92 Å². The van der Waals surface area contributed by atoms with E-state index >= 15 is 0 Å². The number of hydrogen-bond acceptors (Lipinski definition) is 7. The number of amides is 1. The highest BCUT2D eigenvalue weighted by Gasteiger charge is 2.40. The summed E-state index contributed by atoms with van der Waals surface area (Å²) in [5, 5.41) is 16.7. The third kappa shape index (κ3) is 6.57. The molecule has 7 nitrogen and oxygen atoms in total. The van der Waals surface area contributed by atoms with Crippen LogP contribution in [0.3, 0.4) is 0 Å². The fraction of sp³-hybridized carbons (Fsp3) is 0.391. The number of carbonyl (C=O) groups is 2. The second-order valence-electron chi connectivity index (χ2n) is 8.26. The second-order valence-corrected chi connectivity index (χ2v) is 10.0. The Morgan fingerprint density at radius 1 is 1.23 bits per heavy atom. The Labute approximate surface area is 207 Å². The molecular weight excluding hydrogens is 501 g/mol. The number of fused-ring (bicyclic) bond motifs is 1. The van der Waals surface area contributed by atoms with Crippen molar-refractivity contribution in [2.45, 2.75) is 37.9 Å². The van der Waals surface area contributed by atoms with E-state index < -0.39 is 12.1 Å². The molecule has 1 saturated carbocycles. The highest BCUT2D eigenvalue weighted by Crippen LogP contribution is 2.43. The zero-order valence-electron chi connectivity index (χ0n) is 18.5. The Bertz CT molecular complexity index is 1150. The van der Waals surface area contributed by atoms with Crippen LogP contribution in [0, 0.1) is 5.92 Å². The van der Waals surface area contributed by atoms with Gasteiger partial charge in [-0.2, -0.15) is 24.5 Å². The molecular formula is C23H23F3N4O3S2. The minimum absolute atomic E-state index is 0.110. The number of carbonyl (C=O) groups excluding carboxylic acids is 1. The lowest BCUT2D eigenvalue weighted by Gasteiger charge is -2.25. The summed E-state index contributed by atoms with van der Waals surface area (Å²) in [5.41, 5.74) is 3.27. The molecule has 0 aromatic carbocycles. The number of nitrogens with zero attached hydrogens (tertiary/aromatic N) is 3. The van der Waals surface area contributed by atoms with E-state index in [1.54, 1.807) is 28.9 Å². The third-order valence-electron chi connectivity index (χ3n) is 5.57. The fourth-order valence-electron chi connectivity index (χ4n) is 3.65. The van der Waals surface area contributed by atoms with Crippen LogP contribution in [0.5, 0.6) is 0 Å². The number of aliphatic carboxylic acids is 1. The second kappa shape index (κ2) is 10.7. The number of rotatable bonds is 7. The van der Waals surface area contributed by atoms with Crippen molar-refractivity contribution in [3.8, 4) is 10.6 Å². The van der Waals surface area contributed by atoms with Crippen molar-refractivity contribution in [3.63, 3.8) is 0 Å². The third-order valence-corrected chi connectivity index (χ3v) is 7.44. The summed E-state index contributed by atoms with van der Waals surface area (Å²) in [6.45, 7) is 1.58. The molecule has 1 atom stereocenters. The molecule has 1 amide bonds. The number of carboxylic acid groups (broad SMARTS) is 1. The van der Waals surface area contributed by atoms with Gasteiger partial charge in [-0.15, -0.1) is 0 Å². The molecule has 0 bridgehead atoms. The molecule has 186 valence electrons. The van der Waals surface area contributed by atoms with Gasteiger partial charge in [0.15, 0.2) is 0 Å². The number of thiazole rings is 1. The quantitative estimate of drug-likeness (QED) is 0.476. The van der Waals surface area contributed by atoms with E-state index in [0.717, 1.165) is 35.3 Å². The number of anilines is 1. The van der Waals surface area contributed by atoms with Gasteiger partial charge < -0.3 is 15.3 Å². The SMILES string of the molecule is O=C(NCCc1ccccn1)C1Cc2nc(-c3ccsc3)sc2N1CC1CC1.O=C(O)C(F)(F)F. The first kappa shape index (κ1) is 25.1. The van der Waals surface area contributed by atoms with E-state index in [9.17, 15) is 18.0 Å². The van der Waals surface area contributed by atoms with E-state index in [0.29, 0.717) is 13.0 Å². The summed E-state index contributed by atoms with van der Waals surface area (Å²) < 4.78 is 31.7. The first-order valence-electron chi connectivity index (χ1n) is 11.0. The molecule has 0 saturated heterocycles. The summed E-state index contributed by atoms with van der Waals surface area (Å²) in [7, 11) is 0. The average molecular weight is 525 g/mol. The van der Waals surface area contributed by atoms with Gasteiger partial charge in [-0.25, -0.2) is 9.78 Å². The van der Waals surface area contributed by atoms with Crippen LogP contribution in [0.25, 0.3) is 10.6 Å². The van der Waals surface area contributed by atoms with Gasteiger partial charge in [0.25, 0.3) is 0 Å². The average Bonchev–Trinajstić information content (AvgIpc) is 3.19. The first-order chi connectivity index (χ1) is 16.7. The maximum Gasteiger partial charge on any atom is 0.490 e. The molecule has 2 aliphatic rings. The van der Waals surface area contributed by atoms with Crippen molar-refractivity contribution in [2.75, 3.05) is 18.0 Å².